The number of benzene rings is 1. The standard InChI is InChI=1S/C17H21N3O3/c1-3-22-14-8-6-13(7-9-14)15(21)19-17(10-4-5-11-17)16-18-12(2)23-20-16/h6-9H,3-5,10-11H2,1-2H3,(H,19,21). The molecule has 0 aliphatic heterocycles. The van der Waals surface area contributed by atoms with E-state index < -0.39 is 5.54 Å². The summed E-state index contributed by atoms with van der Waals surface area (Å²) in [5.41, 5.74) is 0.0768. The summed E-state index contributed by atoms with van der Waals surface area (Å²) in [7, 11) is 0. The van der Waals surface area contributed by atoms with Crippen molar-refractivity contribution in [3.8, 4) is 5.75 Å². The van der Waals surface area contributed by atoms with E-state index in [1.807, 2.05) is 6.92 Å². The molecule has 1 heterocycles. The lowest BCUT2D eigenvalue weighted by atomic mass is 9.96. The van der Waals surface area contributed by atoms with Gasteiger partial charge in [0.15, 0.2) is 5.82 Å². The molecule has 0 spiro atoms. The van der Waals surface area contributed by atoms with Crippen LogP contribution >= 0.6 is 0 Å². The fourth-order valence-corrected chi connectivity index (χ4v) is 3.04. The highest BCUT2D eigenvalue weighted by Gasteiger charge is 2.41. The van der Waals surface area contributed by atoms with Crippen molar-refractivity contribution < 1.29 is 14.1 Å². The molecule has 6 nitrogen and oxygen atoms in total. The first-order valence-corrected chi connectivity index (χ1v) is 7.99. The van der Waals surface area contributed by atoms with Crippen LogP contribution < -0.4 is 10.1 Å². The summed E-state index contributed by atoms with van der Waals surface area (Å²) < 4.78 is 10.5. The predicted molar refractivity (Wildman–Crippen MR) is 84.3 cm³/mol. The number of carbonyl (C=O) groups excluding carboxylic acids is 1. The van der Waals surface area contributed by atoms with Gasteiger partial charge in [-0.15, -0.1) is 0 Å². The third-order valence-electron chi connectivity index (χ3n) is 4.19. The third kappa shape index (κ3) is 3.21. The minimum absolute atomic E-state index is 0.127. The van der Waals surface area contributed by atoms with Gasteiger partial charge in [-0.2, -0.15) is 4.98 Å². The molecule has 23 heavy (non-hydrogen) atoms. The van der Waals surface area contributed by atoms with Gasteiger partial charge in [0, 0.05) is 12.5 Å². The lowest BCUT2D eigenvalue weighted by molar-refractivity contribution is 0.0892. The predicted octanol–water partition coefficient (Wildman–Crippen LogP) is 2.98. The maximum absolute atomic E-state index is 12.6. The Hall–Kier alpha value is -2.37. The van der Waals surface area contributed by atoms with E-state index in [4.69, 9.17) is 9.26 Å². The second-order valence-electron chi connectivity index (χ2n) is 5.84. The van der Waals surface area contributed by atoms with Crippen molar-refractivity contribution in [3.63, 3.8) is 0 Å². The minimum Gasteiger partial charge on any atom is -0.494 e. The number of nitrogens with zero attached hydrogens (tertiary/aromatic N) is 2. The zero-order valence-corrected chi connectivity index (χ0v) is 13.5. The van der Waals surface area contributed by atoms with Crippen LogP contribution in [0.2, 0.25) is 0 Å². The van der Waals surface area contributed by atoms with E-state index >= 15 is 0 Å². The average molecular weight is 315 g/mol. The molecule has 0 atom stereocenters. The Morgan fingerprint density at radius 3 is 2.57 bits per heavy atom. The number of hydrogen-bond acceptors (Lipinski definition) is 5. The fourth-order valence-electron chi connectivity index (χ4n) is 3.04. The van der Waals surface area contributed by atoms with Crippen LogP contribution in [0.3, 0.4) is 0 Å². The molecule has 1 fully saturated rings. The molecule has 3 rings (SSSR count). The number of nitrogens with one attached hydrogen (secondary N) is 1. The third-order valence-corrected chi connectivity index (χ3v) is 4.19. The van der Waals surface area contributed by atoms with Crippen molar-refractivity contribution in [1.29, 1.82) is 0 Å². The van der Waals surface area contributed by atoms with Crippen molar-refractivity contribution in [1.82, 2.24) is 15.5 Å². The monoisotopic (exact) mass is 315 g/mol. The highest BCUT2D eigenvalue weighted by molar-refractivity contribution is 5.94. The highest BCUT2D eigenvalue weighted by Crippen LogP contribution is 2.37. The number of aryl methyl sites for hydroxylation is 1. The summed E-state index contributed by atoms with van der Waals surface area (Å²) in [6.07, 6.45) is 3.73. The summed E-state index contributed by atoms with van der Waals surface area (Å²) >= 11 is 0. The molecule has 0 unspecified atom stereocenters. The van der Waals surface area contributed by atoms with E-state index in [-0.39, 0.29) is 5.91 Å². The zero-order chi connectivity index (χ0) is 16.3. The van der Waals surface area contributed by atoms with Crippen LogP contribution in [-0.2, 0) is 5.54 Å². The summed E-state index contributed by atoms with van der Waals surface area (Å²) in [5.74, 6) is 1.72. The average Bonchev–Trinajstić information content (AvgIpc) is 3.18. The highest BCUT2D eigenvalue weighted by atomic mass is 16.5. The molecular formula is C17H21N3O3. The van der Waals surface area contributed by atoms with Crippen LogP contribution in [0.15, 0.2) is 28.8 Å². The molecule has 1 saturated carbocycles. The lowest BCUT2D eigenvalue weighted by Gasteiger charge is -2.26. The quantitative estimate of drug-likeness (QED) is 0.918. The molecular weight excluding hydrogens is 294 g/mol. The Morgan fingerprint density at radius 1 is 1.30 bits per heavy atom. The van der Waals surface area contributed by atoms with Crippen molar-refractivity contribution in [2.45, 2.75) is 45.1 Å². The first-order chi connectivity index (χ1) is 11.1. The van der Waals surface area contributed by atoms with Crippen LogP contribution in [0, 0.1) is 6.92 Å². The Balaban J connectivity index is 1.79. The van der Waals surface area contributed by atoms with Gasteiger partial charge in [-0.25, -0.2) is 0 Å². The molecule has 0 radical (unpaired) electrons. The Bertz CT molecular complexity index is 673. The van der Waals surface area contributed by atoms with Crippen LogP contribution in [0.1, 0.15) is 54.7 Å². The second kappa shape index (κ2) is 6.40. The molecule has 122 valence electrons. The van der Waals surface area contributed by atoms with Gasteiger partial charge < -0.3 is 14.6 Å². The van der Waals surface area contributed by atoms with Gasteiger partial charge in [-0.05, 0) is 44.0 Å². The van der Waals surface area contributed by atoms with Gasteiger partial charge >= 0.3 is 0 Å². The second-order valence-corrected chi connectivity index (χ2v) is 5.84. The van der Waals surface area contributed by atoms with Crippen molar-refractivity contribution in [2.24, 2.45) is 0 Å². The maximum atomic E-state index is 12.6. The van der Waals surface area contributed by atoms with Gasteiger partial charge in [0.05, 0.1) is 6.61 Å². The number of aromatic nitrogens is 2. The lowest BCUT2D eigenvalue weighted by Crippen LogP contribution is -2.44. The fraction of sp³-hybridized carbons (Fsp3) is 0.471. The zero-order valence-electron chi connectivity index (χ0n) is 13.5. The molecule has 0 bridgehead atoms. The Morgan fingerprint density at radius 2 is 2.00 bits per heavy atom. The number of amides is 1. The van der Waals surface area contributed by atoms with Crippen LogP contribution in [0.25, 0.3) is 0 Å². The summed E-state index contributed by atoms with van der Waals surface area (Å²) in [6.45, 7) is 4.29. The summed E-state index contributed by atoms with van der Waals surface area (Å²) in [4.78, 5) is 17.0. The van der Waals surface area contributed by atoms with Gasteiger partial charge in [-0.3, -0.25) is 4.79 Å². The van der Waals surface area contributed by atoms with Crippen LogP contribution in [0.5, 0.6) is 5.75 Å². The molecule has 2 aromatic rings. The number of rotatable bonds is 5. The van der Waals surface area contributed by atoms with Crippen molar-refractivity contribution in [2.75, 3.05) is 6.61 Å². The number of carbonyl (C=O) groups is 1. The normalized spacial score (nSPS) is 16.3. The smallest absolute Gasteiger partial charge is 0.252 e. The van der Waals surface area contributed by atoms with Crippen LogP contribution in [0.4, 0.5) is 0 Å². The van der Waals surface area contributed by atoms with E-state index in [0.717, 1.165) is 31.4 Å². The van der Waals surface area contributed by atoms with Crippen LogP contribution in [-0.4, -0.2) is 22.7 Å². The Kier molecular flexibility index (Phi) is 4.32. The first kappa shape index (κ1) is 15.5. The molecule has 1 aliphatic carbocycles. The molecule has 1 aromatic heterocycles. The molecule has 1 aliphatic rings. The van der Waals surface area contributed by atoms with E-state index in [2.05, 4.69) is 15.5 Å². The summed E-state index contributed by atoms with van der Waals surface area (Å²) in [5, 5.41) is 7.16. The number of hydrogen-bond donors (Lipinski definition) is 1. The summed E-state index contributed by atoms with van der Waals surface area (Å²) in [6, 6.07) is 7.14. The van der Waals surface area contributed by atoms with Gasteiger partial charge in [0.25, 0.3) is 5.91 Å². The van der Waals surface area contributed by atoms with Gasteiger partial charge in [0.1, 0.15) is 11.3 Å². The van der Waals surface area contributed by atoms with E-state index in [9.17, 15) is 4.79 Å². The van der Waals surface area contributed by atoms with E-state index in [0.29, 0.717) is 23.9 Å². The molecule has 0 saturated heterocycles. The Labute approximate surface area is 135 Å². The maximum Gasteiger partial charge on any atom is 0.252 e. The molecule has 1 aromatic carbocycles. The van der Waals surface area contributed by atoms with Crippen molar-refractivity contribution in [3.05, 3.63) is 41.5 Å². The topological polar surface area (TPSA) is 77.2 Å². The van der Waals surface area contributed by atoms with E-state index in [1.54, 1.807) is 31.2 Å². The largest absolute Gasteiger partial charge is 0.494 e. The SMILES string of the molecule is CCOc1ccc(C(=O)NC2(c3noc(C)n3)CCCC2)cc1. The molecule has 1 amide bonds. The first-order valence-electron chi connectivity index (χ1n) is 7.99. The van der Waals surface area contributed by atoms with Crippen molar-refractivity contribution >= 4 is 5.91 Å². The van der Waals surface area contributed by atoms with E-state index in [1.165, 1.54) is 0 Å². The van der Waals surface area contributed by atoms with Gasteiger partial charge in [-0.1, -0.05) is 18.0 Å². The van der Waals surface area contributed by atoms with Gasteiger partial charge in [0.2, 0.25) is 5.89 Å². The molecule has 6 heteroatoms. The molecule has 1 N–H and O–H groups in total. The number of ether oxygens (including phenoxy) is 1. The minimum atomic E-state index is -0.520.